The number of fused-ring (bicyclic) bond motifs is 1. The highest BCUT2D eigenvalue weighted by molar-refractivity contribution is 5.89. The Morgan fingerprint density at radius 2 is 2.44 bits per heavy atom. The van der Waals surface area contributed by atoms with Crippen molar-refractivity contribution in [3.8, 4) is 0 Å². The van der Waals surface area contributed by atoms with Crippen molar-refractivity contribution in [2.24, 2.45) is 0 Å². The molecule has 0 saturated carbocycles. The fourth-order valence-electron chi connectivity index (χ4n) is 2.11. The molecule has 1 aliphatic heterocycles. The molecule has 1 atom stereocenters. The van der Waals surface area contributed by atoms with Crippen LogP contribution < -0.4 is 5.32 Å². The zero-order chi connectivity index (χ0) is 12.5. The Morgan fingerprint density at radius 1 is 1.56 bits per heavy atom. The van der Waals surface area contributed by atoms with Crippen molar-refractivity contribution >= 4 is 5.91 Å². The van der Waals surface area contributed by atoms with Crippen LogP contribution in [-0.4, -0.2) is 25.7 Å². The summed E-state index contributed by atoms with van der Waals surface area (Å²) in [6, 6.07) is -0.124. The molecule has 3 heterocycles. The highest BCUT2D eigenvalue weighted by atomic mass is 16.4. The lowest BCUT2D eigenvalue weighted by Gasteiger charge is -2.22. The van der Waals surface area contributed by atoms with E-state index >= 15 is 0 Å². The fourth-order valence-corrected chi connectivity index (χ4v) is 2.11. The molecule has 0 saturated heterocycles. The Labute approximate surface area is 103 Å². The number of nitrogens with one attached hydrogen (secondary N) is 1. The van der Waals surface area contributed by atoms with Gasteiger partial charge in [-0.25, -0.2) is 14.6 Å². The van der Waals surface area contributed by atoms with Gasteiger partial charge in [-0.1, -0.05) is 0 Å². The van der Waals surface area contributed by atoms with Gasteiger partial charge in [-0.15, -0.1) is 0 Å². The number of carbonyl (C=O) groups is 1. The van der Waals surface area contributed by atoms with Crippen molar-refractivity contribution in [1.82, 2.24) is 25.1 Å². The van der Waals surface area contributed by atoms with Crippen LogP contribution in [0.1, 0.15) is 41.2 Å². The number of aromatic nitrogens is 4. The number of nitrogens with zero attached hydrogens (tertiary/aromatic N) is 4. The number of carbonyl (C=O) groups excluding carboxylic acids is 1. The zero-order valence-electron chi connectivity index (χ0n) is 9.96. The van der Waals surface area contributed by atoms with Gasteiger partial charge in [-0.05, 0) is 19.8 Å². The van der Waals surface area contributed by atoms with Gasteiger partial charge >= 0.3 is 5.91 Å². The van der Waals surface area contributed by atoms with Crippen molar-refractivity contribution in [2.45, 2.75) is 32.4 Å². The monoisotopic (exact) mass is 247 g/mol. The van der Waals surface area contributed by atoms with Crippen LogP contribution in [-0.2, 0) is 6.54 Å². The standard InChI is InChI=1S/C11H13N5O2/c1-7-5-12-11(18-7)10(17)15-8-3-2-4-16-9(8)13-6-14-16/h5-6,8H,2-4H2,1H3,(H,15,17). The van der Waals surface area contributed by atoms with Crippen LogP contribution >= 0.6 is 0 Å². The molecule has 0 aliphatic carbocycles. The molecule has 18 heavy (non-hydrogen) atoms. The first kappa shape index (κ1) is 10.9. The number of rotatable bonds is 2. The maximum absolute atomic E-state index is 11.9. The van der Waals surface area contributed by atoms with E-state index in [0.29, 0.717) is 5.76 Å². The molecule has 3 rings (SSSR count). The van der Waals surface area contributed by atoms with Gasteiger partial charge in [0.2, 0.25) is 0 Å². The topological polar surface area (TPSA) is 85.8 Å². The van der Waals surface area contributed by atoms with E-state index in [4.69, 9.17) is 4.42 Å². The van der Waals surface area contributed by atoms with Gasteiger partial charge in [0.1, 0.15) is 17.9 Å². The molecular weight excluding hydrogens is 234 g/mol. The number of hydrogen-bond acceptors (Lipinski definition) is 5. The van der Waals surface area contributed by atoms with Crippen molar-refractivity contribution in [1.29, 1.82) is 0 Å². The van der Waals surface area contributed by atoms with Gasteiger partial charge in [-0.3, -0.25) is 4.79 Å². The molecule has 7 heteroatoms. The Hall–Kier alpha value is -2.18. The molecule has 7 nitrogen and oxygen atoms in total. The SMILES string of the molecule is Cc1cnc(C(=O)NC2CCCn3ncnc32)o1. The summed E-state index contributed by atoms with van der Waals surface area (Å²) in [5.41, 5.74) is 0. The van der Waals surface area contributed by atoms with Crippen molar-refractivity contribution in [3.63, 3.8) is 0 Å². The molecule has 0 bridgehead atoms. The van der Waals surface area contributed by atoms with Gasteiger partial charge in [0.25, 0.3) is 5.89 Å². The van der Waals surface area contributed by atoms with E-state index in [1.807, 2.05) is 4.68 Å². The number of oxazole rings is 1. The fraction of sp³-hybridized carbons (Fsp3) is 0.455. The lowest BCUT2D eigenvalue weighted by Crippen LogP contribution is -2.33. The zero-order valence-corrected chi connectivity index (χ0v) is 9.96. The minimum atomic E-state index is -0.315. The first-order valence-corrected chi connectivity index (χ1v) is 5.85. The first-order valence-electron chi connectivity index (χ1n) is 5.85. The molecule has 0 radical (unpaired) electrons. The Balaban J connectivity index is 1.77. The molecule has 1 unspecified atom stereocenters. The molecule has 2 aromatic rings. The normalized spacial score (nSPS) is 18.4. The van der Waals surface area contributed by atoms with Gasteiger partial charge < -0.3 is 9.73 Å². The summed E-state index contributed by atoms with van der Waals surface area (Å²) in [6.45, 7) is 2.60. The second-order valence-corrected chi connectivity index (χ2v) is 4.29. The van der Waals surface area contributed by atoms with E-state index in [9.17, 15) is 4.79 Å². The predicted molar refractivity (Wildman–Crippen MR) is 60.7 cm³/mol. The maximum Gasteiger partial charge on any atom is 0.307 e. The second kappa shape index (κ2) is 4.25. The molecule has 2 aromatic heterocycles. The summed E-state index contributed by atoms with van der Waals surface area (Å²) in [4.78, 5) is 20.0. The summed E-state index contributed by atoms with van der Waals surface area (Å²) in [5.74, 6) is 1.18. The molecule has 0 spiro atoms. The summed E-state index contributed by atoms with van der Waals surface area (Å²) < 4.78 is 7.01. The van der Waals surface area contributed by atoms with Gasteiger partial charge in [0.05, 0.1) is 12.2 Å². The smallest absolute Gasteiger partial charge is 0.307 e. The second-order valence-electron chi connectivity index (χ2n) is 4.29. The summed E-state index contributed by atoms with van der Waals surface area (Å²) in [7, 11) is 0. The highest BCUT2D eigenvalue weighted by Gasteiger charge is 2.25. The minimum Gasteiger partial charge on any atom is -0.438 e. The maximum atomic E-state index is 11.9. The van der Waals surface area contributed by atoms with Crippen LogP contribution in [0.5, 0.6) is 0 Å². The van der Waals surface area contributed by atoms with Gasteiger partial charge in [0.15, 0.2) is 0 Å². The van der Waals surface area contributed by atoms with Crippen LogP contribution in [0.15, 0.2) is 16.9 Å². The molecule has 0 fully saturated rings. The van der Waals surface area contributed by atoms with Crippen LogP contribution in [0.4, 0.5) is 0 Å². The summed E-state index contributed by atoms with van der Waals surface area (Å²) in [5, 5.41) is 6.98. The van der Waals surface area contributed by atoms with E-state index in [0.717, 1.165) is 25.2 Å². The highest BCUT2D eigenvalue weighted by Crippen LogP contribution is 2.22. The predicted octanol–water partition coefficient (Wildman–Crippen LogP) is 0.839. The van der Waals surface area contributed by atoms with E-state index in [-0.39, 0.29) is 17.8 Å². The number of amides is 1. The van der Waals surface area contributed by atoms with Gasteiger partial charge in [0, 0.05) is 6.54 Å². The van der Waals surface area contributed by atoms with Crippen molar-refractivity contribution < 1.29 is 9.21 Å². The minimum absolute atomic E-state index is 0.0872. The Bertz CT molecular complexity index is 574. The lowest BCUT2D eigenvalue weighted by atomic mass is 10.1. The van der Waals surface area contributed by atoms with E-state index < -0.39 is 0 Å². The molecule has 1 aliphatic rings. The van der Waals surface area contributed by atoms with Crippen LogP contribution in [0, 0.1) is 6.92 Å². The third kappa shape index (κ3) is 1.87. The van der Waals surface area contributed by atoms with Crippen LogP contribution in [0.2, 0.25) is 0 Å². The largest absolute Gasteiger partial charge is 0.438 e. The number of aryl methyl sites for hydroxylation is 2. The molecule has 0 aromatic carbocycles. The average molecular weight is 247 g/mol. The van der Waals surface area contributed by atoms with Gasteiger partial charge in [-0.2, -0.15) is 5.10 Å². The summed E-state index contributed by atoms with van der Waals surface area (Å²) >= 11 is 0. The molecule has 1 N–H and O–H groups in total. The van der Waals surface area contributed by atoms with Crippen molar-refractivity contribution in [2.75, 3.05) is 0 Å². The average Bonchev–Trinajstić information content (AvgIpc) is 2.97. The number of hydrogen-bond donors (Lipinski definition) is 1. The molecule has 94 valence electrons. The molecular formula is C11H13N5O2. The Kier molecular flexibility index (Phi) is 2.58. The summed E-state index contributed by atoms with van der Waals surface area (Å²) in [6.07, 6.45) is 4.85. The van der Waals surface area contributed by atoms with Crippen molar-refractivity contribution in [3.05, 3.63) is 30.0 Å². The third-order valence-electron chi connectivity index (χ3n) is 2.94. The molecule has 1 amide bonds. The third-order valence-corrected chi connectivity index (χ3v) is 2.94. The van der Waals surface area contributed by atoms with Crippen LogP contribution in [0.3, 0.4) is 0 Å². The quantitative estimate of drug-likeness (QED) is 0.849. The van der Waals surface area contributed by atoms with Crippen LogP contribution in [0.25, 0.3) is 0 Å². The first-order chi connectivity index (χ1) is 8.74. The van der Waals surface area contributed by atoms with E-state index in [1.54, 1.807) is 6.92 Å². The van der Waals surface area contributed by atoms with E-state index in [2.05, 4.69) is 20.4 Å². The Morgan fingerprint density at radius 3 is 3.22 bits per heavy atom. The lowest BCUT2D eigenvalue weighted by molar-refractivity contribution is 0.0890. The van der Waals surface area contributed by atoms with E-state index in [1.165, 1.54) is 12.5 Å².